The first-order chi connectivity index (χ1) is 27.2. The zero-order valence-electron chi connectivity index (χ0n) is 33.0. The molecule has 0 aliphatic heterocycles. The fourth-order valence-electron chi connectivity index (χ4n) is 14.5. The molecule has 7 aromatic rings. The summed E-state index contributed by atoms with van der Waals surface area (Å²) in [5.41, 5.74) is 16.8. The Hall–Kier alpha value is -4.66. The van der Waals surface area contributed by atoms with E-state index in [1.165, 1.54) is 109 Å². The van der Waals surface area contributed by atoms with Crippen molar-refractivity contribution in [2.75, 3.05) is 4.90 Å². The van der Waals surface area contributed by atoms with E-state index in [0.717, 1.165) is 23.7 Å². The topological polar surface area (TPSA) is 3.24 Å². The van der Waals surface area contributed by atoms with Crippen molar-refractivity contribution in [3.05, 3.63) is 150 Å². The Morgan fingerprint density at radius 2 is 1.27 bits per heavy atom. The highest BCUT2D eigenvalue weighted by molar-refractivity contribution is 7.26. The lowest BCUT2D eigenvalue weighted by Gasteiger charge is -2.76. The van der Waals surface area contributed by atoms with Crippen LogP contribution in [0.1, 0.15) is 88.5 Å². The molecule has 56 heavy (non-hydrogen) atoms. The largest absolute Gasteiger partial charge is 0.310 e. The first-order valence-electron chi connectivity index (χ1n) is 21.4. The Bertz CT molecular complexity index is 2820. The van der Waals surface area contributed by atoms with Crippen LogP contribution in [0.25, 0.3) is 42.4 Å². The van der Waals surface area contributed by atoms with Gasteiger partial charge < -0.3 is 4.90 Å². The van der Waals surface area contributed by atoms with Crippen LogP contribution >= 0.6 is 11.3 Å². The molecule has 6 unspecified atom stereocenters. The van der Waals surface area contributed by atoms with E-state index in [4.69, 9.17) is 0 Å². The van der Waals surface area contributed by atoms with Crippen LogP contribution in [0.2, 0.25) is 0 Å². The van der Waals surface area contributed by atoms with Crippen molar-refractivity contribution in [3.8, 4) is 22.3 Å². The van der Waals surface area contributed by atoms with Crippen LogP contribution in [-0.2, 0) is 16.2 Å². The van der Waals surface area contributed by atoms with Gasteiger partial charge in [0, 0.05) is 31.3 Å². The third kappa shape index (κ3) is 3.79. The highest BCUT2D eigenvalue weighted by Crippen LogP contribution is 2.89. The number of rotatable bonds is 4. The standard InChI is InChI=1S/C54H49NS/c1-51(2)25-26-52(3,4)50-41(51)14-9-16-44(50)55(43-15-10-18-46-49(43)39-12-6-8-17-45(39)56-46)36-22-19-33(20-23-36)34-21-24-38-37-11-5-7-13-40(37)54(42(38)29-34)47-28-32-27-35-30-48(54)53(35,47)31-32/h5-24,29,32,35,47-48H,25-28,30-31H2,1-4H3. The predicted molar refractivity (Wildman–Crippen MR) is 236 cm³/mol. The third-order valence-corrected chi connectivity index (χ3v) is 17.9. The fraction of sp³-hybridized carbons (Fsp3) is 0.333. The average Bonchev–Trinajstić information content (AvgIpc) is 3.95. The molecule has 1 heterocycles. The molecule has 6 atom stereocenters. The number of fused-ring (bicyclic) bond motifs is 12. The van der Waals surface area contributed by atoms with Gasteiger partial charge in [0.15, 0.2) is 0 Å². The molecule has 1 aromatic heterocycles. The lowest BCUT2D eigenvalue weighted by atomic mass is 9.27. The van der Waals surface area contributed by atoms with Crippen LogP contribution in [0.5, 0.6) is 0 Å². The van der Waals surface area contributed by atoms with Crippen LogP contribution in [0.4, 0.5) is 17.1 Å². The number of hydrogen-bond acceptors (Lipinski definition) is 2. The van der Waals surface area contributed by atoms with Crippen molar-refractivity contribution in [1.29, 1.82) is 0 Å². The number of benzene rings is 6. The highest BCUT2D eigenvalue weighted by Gasteiger charge is 2.84. The second kappa shape index (κ2) is 10.6. The molecule has 4 fully saturated rings. The van der Waals surface area contributed by atoms with Gasteiger partial charge in [-0.3, -0.25) is 0 Å². The van der Waals surface area contributed by atoms with E-state index < -0.39 is 0 Å². The molecule has 4 saturated carbocycles. The van der Waals surface area contributed by atoms with Gasteiger partial charge in [-0.25, -0.2) is 0 Å². The van der Waals surface area contributed by atoms with Gasteiger partial charge in [-0.1, -0.05) is 113 Å². The normalized spacial score (nSPS) is 29.1. The van der Waals surface area contributed by atoms with Crippen LogP contribution in [0.15, 0.2) is 127 Å². The summed E-state index contributed by atoms with van der Waals surface area (Å²) in [6.45, 7) is 9.83. The fourth-order valence-corrected chi connectivity index (χ4v) is 15.7. The van der Waals surface area contributed by atoms with E-state index >= 15 is 0 Å². The van der Waals surface area contributed by atoms with Crippen LogP contribution in [0, 0.1) is 29.1 Å². The maximum atomic E-state index is 2.64. The molecule has 2 spiro atoms. The molecule has 0 saturated heterocycles. The summed E-state index contributed by atoms with van der Waals surface area (Å²) in [6.07, 6.45) is 8.29. The smallest absolute Gasteiger partial charge is 0.0554 e. The summed E-state index contributed by atoms with van der Waals surface area (Å²) in [5, 5.41) is 2.69. The second-order valence-corrected chi connectivity index (χ2v) is 21.0. The van der Waals surface area contributed by atoms with Crippen molar-refractivity contribution in [2.45, 2.75) is 82.5 Å². The molecule has 6 aliphatic carbocycles. The lowest BCUT2D eigenvalue weighted by Crippen LogP contribution is -2.73. The molecule has 13 rings (SSSR count). The SMILES string of the molecule is CC1(C)CCC(C)(C)c2c(N(c3ccc(-c4ccc5c(c4)C4(c6ccccc6-5)C5CC6CC7CC4C75C6)cc3)c3cccc4sc5ccccc5c34)cccc21. The van der Waals surface area contributed by atoms with Gasteiger partial charge in [0.1, 0.15) is 0 Å². The van der Waals surface area contributed by atoms with Crippen molar-refractivity contribution in [3.63, 3.8) is 0 Å². The minimum Gasteiger partial charge on any atom is -0.310 e. The van der Waals surface area contributed by atoms with Gasteiger partial charge in [0.25, 0.3) is 0 Å². The van der Waals surface area contributed by atoms with Crippen molar-refractivity contribution in [1.82, 2.24) is 0 Å². The summed E-state index contributed by atoms with van der Waals surface area (Å²) in [5.74, 6) is 3.62. The van der Waals surface area contributed by atoms with E-state index in [9.17, 15) is 0 Å². The molecule has 6 aliphatic rings. The van der Waals surface area contributed by atoms with Crippen LogP contribution in [-0.4, -0.2) is 0 Å². The zero-order chi connectivity index (χ0) is 37.3. The zero-order valence-corrected chi connectivity index (χ0v) is 33.8. The molecule has 6 aromatic carbocycles. The Balaban J connectivity index is 0.974. The first-order valence-corrected chi connectivity index (χ1v) is 22.2. The summed E-state index contributed by atoms with van der Waals surface area (Å²) >= 11 is 1.91. The number of hydrogen-bond donors (Lipinski definition) is 0. The van der Waals surface area contributed by atoms with Crippen molar-refractivity contribution >= 4 is 48.6 Å². The van der Waals surface area contributed by atoms with Crippen LogP contribution in [0.3, 0.4) is 0 Å². The van der Waals surface area contributed by atoms with Crippen molar-refractivity contribution < 1.29 is 0 Å². The first kappa shape index (κ1) is 32.4. The third-order valence-electron chi connectivity index (χ3n) is 16.8. The molecule has 1 nitrogen and oxygen atoms in total. The van der Waals surface area contributed by atoms with Crippen molar-refractivity contribution in [2.24, 2.45) is 29.1 Å². The average molecular weight is 744 g/mol. The van der Waals surface area contributed by atoms with E-state index in [2.05, 4.69) is 160 Å². The Kier molecular flexibility index (Phi) is 6.16. The van der Waals surface area contributed by atoms with Gasteiger partial charge in [-0.15, -0.1) is 11.3 Å². The molecule has 276 valence electrons. The molecule has 2 heteroatoms. The van der Waals surface area contributed by atoms with Gasteiger partial charge in [-0.2, -0.15) is 0 Å². The van der Waals surface area contributed by atoms with E-state index in [0.29, 0.717) is 5.41 Å². The summed E-state index contributed by atoms with van der Waals surface area (Å²) in [4.78, 5) is 2.61. The summed E-state index contributed by atoms with van der Waals surface area (Å²) in [7, 11) is 0. The molecule has 0 radical (unpaired) electrons. The van der Waals surface area contributed by atoms with Gasteiger partial charge in [-0.05, 0) is 165 Å². The monoisotopic (exact) mass is 743 g/mol. The summed E-state index contributed by atoms with van der Waals surface area (Å²) < 4.78 is 2.69. The maximum Gasteiger partial charge on any atom is 0.0554 e. The van der Waals surface area contributed by atoms with Gasteiger partial charge in [0.2, 0.25) is 0 Å². The Morgan fingerprint density at radius 1 is 0.571 bits per heavy atom. The lowest BCUT2D eigenvalue weighted by molar-refractivity contribution is -0.231. The number of nitrogens with zero attached hydrogens (tertiary/aromatic N) is 1. The number of anilines is 3. The maximum absolute atomic E-state index is 2.64. The van der Waals surface area contributed by atoms with Gasteiger partial charge in [0.05, 0.1) is 11.4 Å². The predicted octanol–water partition coefficient (Wildman–Crippen LogP) is 14.9. The molecule has 0 amide bonds. The second-order valence-electron chi connectivity index (χ2n) is 20.0. The van der Waals surface area contributed by atoms with Gasteiger partial charge >= 0.3 is 0 Å². The Labute approximate surface area is 335 Å². The minimum absolute atomic E-state index is 0.0571. The summed E-state index contributed by atoms with van der Waals surface area (Å²) in [6, 6.07) is 49.7. The molecular formula is C54H49NS. The van der Waals surface area contributed by atoms with Crippen LogP contribution < -0.4 is 4.90 Å². The quantitative estimate of drug-likeness (QED) is 0.174. The molecule has 2 bridgehead atoms. The number of thiophene rings is 1. The van der Waals surface area contributed by atoms with E-state index in [1.54, 1.807) is 11.1 Å². The minimum atomic E-state index is 0.0571. The van der Waals surface area contributed by atoms with E-state index in [-0.39, 0.29) is 16.2 Å². The van der Waals surface area contributed by atoms with E-state index in [1.807, 2.05) is 11.3 Å². The Morgan fingerprint density at radius 3 is 2.14 bits per heavy atom. The molecule has 0 N–H and O–H groups in total. The molecular weight excluding hydrogens is 695 g/mol. The highest BCUT2D eigenvalue weighted by atomic mass is 32.1.